The van der Waals surface area contributed by atoms with Gasteiger partial charge in [-0.2, -0.15) is 0 Å². The molecule has 2 heterocycles. The van der Waals surface area contributed by atoms with E-state index in [0.29, 0.717) is 12.0 Å². The van der Waals surface area contributed by atoms with Gasteiger partial charge in [-0.15, -0.1) is 11.3 Å². The third kappa shape index (κ3) is 3.33. The summed E-state index contributed by atoms with van der Waals surface area (Å²) < 4.78 is 0. The Hall–Kier alpha value is -0.870. The molecule has 1 fully saturated rings. The summed E-state index contributed by atoms with van der Waals surface area (Å²) in [6.45, 7) is 7.59. The average molecular weight is 266 g/mol. The van der Waals surface area contributed by atoms with Crippen molar-refractivity contribution >= 4 is 17.2 Å². The summed E-state index contributed by atoms with van der Waals surface area (Å²) in [6.07, 6.45) is 2.59. The smallest absolute Gasteiger partial charge is 0.261 e. The molecular formula is C14H22N2OS. The van der Waals surface area contributed by atoms with Crippen LogP contribution in [0.25, 0.3) is 0 Å². The van der Waals surface area contributed by atoms with Crippen molar-refractivity contribution in [3.05, 3.63) is 22.4 Å². The summed E-state index contributed by atoms with van der Waals surface area (Å²) in [4.78, 5) is 15.2. The van der Waals surface area contributed by atoms with Gasteiger partial charge in [0.25, 0.3) is 5.91 Å². The molecule has 0 bridgehead atoms. The molecule has 0 radical (unpaired) electrons. The molecule has 1 N–H and O–H groups in total. The molecule has 1 aliphatic heterocycles. The van der Waals surface area contributed by atoms with Crippen molar-refractivity contribution in [2.45, 2.75) is 32.7 Å². The third-order valence-electron chi connectivity index (χ3n) is 3.60. The van der Waals surface area contributed by atoms with Crippen LogP contribution in [0.5, 0.6) is 0 Å². The molecule has 3 nitrogen and oxygen atoms in total. The highest BCUT2D eigenvalue weighted by atomic mass is 32.1. The summed E-state index contributed by atoms with van der Waals surface area (Å²) in [5, 5.41) is 5.01. The Morgan fingerprint density at radius 2 is 2.17 bits per heavy atom. The molecular weight excluding hydrogens is 244 g/mol. The molecule has 100 valence electrons. The van der Waals surface area contributed by atoms with Gasteiger partial charge in [0, 0.05) is 12.6 Å². The highest BCUT2D eigenvalue weighted by molar-refractivity contribution is 7.12. The Morgan fingerprint density at radius 1 is 1.44 bits per heavy atom. The van der Waals surface area contributed by atoms with Crippen molar-refractivity contribution < 1.29 is 4.79 Å². The number of carbonyl (C=O) groups excluding carboxylic acids is 1. The van der Waals surface area contributed by atoms with Gasteiger partial charge >= 0.3 is 0 Å². The second-order valence-corrected chi connectivity index (χ2v) is 6.19. The van der Waals surface area contributed by atoms with Crippen LogP contribution in [0.2, 0.25) is 0 Å². The second kappa shape index (κ2) is 6.34. The molecule has 1 amide bonds. The lowest BCUT2D eigenvalue weighted by Gasteiger charge is -2.30. The molecule has 4 heteroatoms. The number of nitrogens with one attached hydrogen (secondary N) is 1. The maximum absolute atomic E-state index is 11.9. The molecule has 1 unspecified atom stereocenters. The summed E-state index contributed by atoms with van der Waals surface area (Å²) >= 11 is 1.50. The minimum absolute atomic E-state index is 0.0647. The third-order valence-corrected chi connectivity index (χ3v) is 4.46. The largest absolute Gasteiger partial charge is 0.350 e. The van der Waals surface area contributed by atoms with Crippen molar-refractivity contribution in [2.24, 2.45) is 5.92 Å². The molecule has 1 aromatic rings. The molecule has 1 aliphatic rings. The van der Waals surface area contributed by atoms with Crippen LogP contribution in [0, 0.1) is 5.92 Å². The minimum Gasteiger partial charge on any atom is -0.350 e. The fraction of sp³-hybridized carbons (Fsp3) is 0.643. The molecule has 0 spiro atoms. The van der Waals surface area contributed by atoms with Crippen LogP contribution in [-0.4, -0.2) is 36.5 Å². The van der Waals surface area contributed by atoms with E-state index >= 15 is 0 Å². The van der Waals surface area contributed by atoms with Gasteiger partial charge < -0.3 is 5.32 Å². The van der Waals surface area contributed by atoms with Gasteiger partial charge in [-0.1, -0.05) is 19.9 Å². The first-order valence-corrected chi connectivity index (χ1v) is 7.62. The van der Waals surface area contributed by atoms with E-state index in [9.17, 15) is 4.79 Å². The summed E-state index contributed by atoms with van der Waals surface area (Å²) in [7, 11) is 0. The van der Waals surface area contributed by atoms with E-state index in [1.54, 1.807) is 0 Å². The number of nitrogens with zero attached hydrogens (tertiary/aromatic N) is 1. The number of likely N-dealkylation sites (tertiary alicyclic amines) is 1. The molecule has 0 aliphatic carbocycles. The Bertz CT molecular complexity index is 369. The van der Waals surface area contributed by atoms with Crippen molar-refractivity contribution in [1.82, 2.24) is 10.2 Å². The zero-order chi connectivity index (χ0) is 13.0. The van der Waals surface area contributed by atoms with Gasteiger partial charge in [0.15, 0.2) is 0 Å². The van der Waals surface area contributed by atoms with Crippen molar-refractivity contribution in [3.8, 4) is 0 Å². The summed E-state index contributed by atoms with van der Waals surface area (Å²) in [5.41, 5.74) is 0. The maximum atomic E-state index is 11.9. The minimum atomic E-state index is 0.0647. The van der Waals surface area contributed by atoms with E-state index in [-0.39, 0.29) is 5.91 Å². The predicted octanol–water partition coefficient (Wildman–Crippen LogP) is 2.60. The standard InChI is InChI=1S/C14H22N2OS/c1-11(2)12(16-7-3-4-8-16)10-15-14(17)13-6-5-9-18-13/h5-6,9,11-12H,3-4,7-8,10H2,1-2H3,(H,15,17). The molecule has 1 aromatic heterocycles. The second-order valence-electron chi connectivity index (χ2n) is 5.24. The van der Waals surface area contributed by atoms with Gasteiger partial charge in [0.1, 0.15) is 0 Å². The van der Waals surface area contributed by atoms with Crippen molar-refractivity contribution in [1.29, 1.82) is 0 Å². The summed E-state index contributed by atoms with van der Waals surface area (Å²) in [6, 6.07) is 4.26. The number of amides is 1. The van der Waals surface area contributed by atoms with Crippen LogP contribution in [-0.2, 0) is 0 Å². The van der Waals surface area contributed by atoms with Gasteiger partial charge in [-0.3, -0.25) is 9.69 Å². The van der Waals surface area contributed by atoms with Crippen molar-refractivity contribution in [3.63, 3.8) is 0 Å². The van der Waals surface area contributed by atoms with E-state index in [4.69, 9.17) is 0 Å². The molecule has 18 heavy (non-hydrogen) atoms. The van der Waals surface area contributed by atoms with Crippen LogP contribution in [0.1, 0.15) is 36.4 Å². The zero-order valence-electron chi connectivity index (χ0n) is 11.2. The van der Waals surface area contributed by atoms with E-state index in [2.05, 4.69) is 24.1 Å². The normalized spacial score (nSPS) is 18.2. The van der Waals surface area contributed by atoms with Crippen LogP contribution in [0.4, 0.5) is 0 Å². The quantitative estimate of drug-likeness (QED) is 0.888. The van der Waals surface area contributed by atoms with E-state index in [0.717, 1.165) is 11.4 Å². The molecule has 0 saturated carbocycles. The SMILES string of the molecule is CC(C)C(CNC(=O)c1cccs1)N1CCCC1. The van der Waals surface area contributed by atoms with E-state index < -0.39 is 0 Å². The van der Waals surface area contributed by atoms with Gasteiger partial charge in [-0.25, -0.2) is 0 Å². The van der Waals surface area contributed by atoms with Crippen LogP contribution >= 0.6 is 11.3 Å². The highest BCUT2D eigenvalue weighted by Gasteiger charge is 2.25. The first-order valence-electron chi connectivity index (χ1n) is 6.74. The Labute approximate surface area is 113 Å². The van der Waals surface area contributed by atoms with Crippen LogP contribution in [0.3, 0.4) is 0 Å². The topological polar surface area (TPSA) is 32.3 Å². The number of rotatable bonds is 5. The number of hydrogen-bond acceptors (Lipinski definition) is 3. The van der Waals surface area contributed by atoms with Crippen LogP contribution < -0.4 is 5.32 Å². The van der Waals surface area contributed by atoms with Crippen molar-refractivity contribution in [2.75, 3.05) is 19.6 Å². The van der Waals surface area contributed by atoms with E-state index in [1.807, 2.05) is 17.5 Å². The lowest BCUT2D eigenvalue weighted by molar-refractivity contribution is 0.0931. The lowest BCUT2D eigenvalue weighted by atomic mass is 10.0. The first-order chi connectivity index (χ1) is 8.68. The first kappa shape index (κ1) is 13.6. The Kier molecular flexibility index (Phi) is 4.78. The van der Waals surface area contributed by atoms with E-state index in [1.165, 1.54) is 37.3 Å². The number of carbonyl (C=O) groups is 1. The van der Waals surface area contributed by atoms with Gasteiger partial charge in [-0.05, 0) is 43.3 Å². The Morgan fingerprint density at radius 3 is 2.72 bits per heavy atom. The highest BCUT2D eigenvalue weighted by Crippen LogP contribution is 2.17. The zero-order valence-corrected chi connectivity index (χ0v) is 12.0. The molecule has 1 atom stereocenters. The van der Waals surface area contributed by atoms with Crippen LogP contribution in [0.15, 0.2) is 17.5 Å². The monoisotopic (exact) mass is 266 g/mol. The number of hydrogen-bond donors (Lipinski definition) is 1. The fourth-order valence-electron chi connectivity index (χ4n) is 2.55. The molecule has 0 aromatic carbocycles. The average Bonchev–Trinajstić information content (AvgIpc) is 3.01. The fourth-order valence-corrected chi connectivity index (χ4v) is 3.19. The Balaban J connectivity index is 1.87. The predicted molar refractivity (Wildman–Crippen MR) is 76.1 cm³/mol. The lowest BCUT2D eigenvalue weighted by Crippen LogP contribution is -2.45. The summed E-state index contributed by atoms with van der Waals surface area (Å²) in [5.74, 6) is 0.640. The van der Waals surface area contributed by atoms with Gasteiger partial charge in [0.2, 0.25) is 0 Å². The number of thiophene rings is 1. The molecule has 2 rings (SSSR count). The molecule has 1 saturated heterocycles. The van der Waals surface area contributed by atoms with Gasteiger partial charge in [0.05, 0.1) is 4.88 Å². The maximum Gasteiger partial charge on any atom is 0.261 e.